The first kappa shape index (κ1) is 21.7. The predicted molar refractivity (Wildman–Crippen MR) is 125 cm³/mol. The average molecular weight is 451 g/mol. The lowest BCUT2D eigenvalue weighted by molar-refractivity contribution is -0.384. The van der Waals surface area contributed by atoms with Crippen molar-refractivity contribution in [2.45, 2.75) is 58.0 Å². The number of hydrogen-bond acceptors (Lipinski definition) is 6. The highest BCUT2D eigenvalue weighted by Crippen LogP contribution is 2.60. The zero-order valence-electron chi connectivity index (χ0n) is 19.1. The number of phenolic OH excluding ortho intramolecular Hbond substituents is 1. The molecule has 2 saturated carbocycles. The molecule has 7 heteroatoms. The molecule has 4 atom stereocenters. The maximum absolute atomic E-state index is 10.8. The van der Waals surface area contributed by atoms with E-state index in [1.54, 1.807) is 19.2 Å². The van der Waals surface area contributed by atoms with Crippen LogP contribution in [0.25, 0.3) is 0 Å². The summed E-state index contributed by atoms with van der Waals surface area (Å²) in [7, 11) is 1.61. The molecule has 0 saturated heterocycles. The van der Waals surface area contributed by atoms with Crippen LogP contribution in [0.4, 0.5) is 5.69 Å². The van der Waals surface area contributed by atoms with Crippen molar-refractivity contribution in [2.75, 3.05) is 7.11 Å². The number of rotatable bonds is 5. The zero-order chi connectivity index (χ0) is 23.2. The number of benzene rings is 2. The summed E-state index contributed by atoms with van der Waals surface area (Å²) >= 11 is 0. The molecule has 0 bridgehead atoms. The van der Waals surface area contributed by atoms with Crippen LogP contribution in [0.15, 0.2) is 41.6 Å². The molecular weight excluding hydrogens is 420 g/mol. The second kappa shape index (κ2) is 8.36. The molecule has 2 aromatic rings. The highest BCUT2D eigenvalue weighted by atomic mass is 16.6. The number of ether oxygens (including phenoxy) is 1. The largest absolute Gasteiger partial charge is 0.504 e. The fourth-order valence-corrected chi connectivity index (χ4v) is 6.59. The van der Waals surface area contributed by atoms with Crippen molar-refractivity contribution in [2.24, 2.45) is 22.4 Å². The number of nitro benzene ring substituents is 1. The van der Waals surface area contributed by atoms with Crippen LogP contribution in [0.5, 0.6) is 11.5 Å². The summed E-state index contributed by atoms with van der Waals surface area (Å²) in [5, 5.41) is 25.6. The minimum Gasteiger partial charge on any atom is -0.504 e. The molecular formula is C26H30N2O5. The molecule has 0 heterocycles. The number of non-ortho nitro benzene ring substituents is 1. The molecule has 33 heavy (non-hydrogen) atoms. The molecule has 0 radical (unpaired) electrons. The SMILES string of the molecule is COc1cc2c(cc1O)CC[C@@H]1[C@@H]2CC[C@]2(C)/C(=N/OCc3ccc([N+](=O)[O-])cc3)CC[C@@H]12. The van der Waals surface area contributed by atoms with E-state index < -0.39 is 4.92 Å². The Morgan fingerprint density at radius 3 is 2.70 bits per heavy atom. The van der Waals surface area contributed by atoms with Gasteiger partial charge in [-0.2, -0.15) is 0 Å². The van der Waals surface area contributed by atoms with Crippen LogP contribution in [0, 0.1) is 27.4 Å². The number of methoxy groups -OCH3 is 1. The number of oxime groups is 1. The normalized spacial score (nSPS) is 29.2. The van der Waals surface area contributed by atoms with Crippen LogP contribution < -0.4 is 4.74 Å². The Hall–Kier alpha value is -3.09. The summed E-state index contributed by atoms with van der Waals surface area (Å²) < 4.78 is 5.39. The fraction of sp³-hybridized carbons (Fsp3) is 0.500. The van der Waals surface area contributed by atoms with E-state index in [4.69, 9.17) is 9.57 Å². The smallest absolute Gasteiger partial charge is 0.269 e. The summed E-state index contributed by atoms with van der Waals surface area (Å²) in [6.45, 7) is 2.66. The Bertz CT molecular complexity index is 1100. The van der Waals surface area contributed by atoms with Crippen molar-refractivity contribution in [3.05, 3.63) is 63.2 Å². The van der Waals surface area contributed by atoms with Crippen molar-refractivity contribution >= 4 is 11.4 Å². The van der Waals surface area contributed by atoms with E-state index >= 15 is 0 Å². The van der Waals surface area contributed by atoms with Gasteiger partial charge in [0, 0.05) is 17.5 Å². The predicted octanol–water partition coefficient (Wildman–Crippen LogP) is 5.74. The van der Waals surface area contributed by atoms with Gasteiger partial charge in [0.25, 0.3) is 5.69 Å². The minimum atomic E-state index is -0.400. The van der Waals surface area contributed by atoms with E-state index in [0.717, 1.165) is 49.8 Å². The molecule has 3 aliphatic carbocycles. The number of nitrogens with zero attached hydrogens (tertiary/aromatic N) is 2. The lowest BCUT2D eigenvalue weighted by Crippen LogP contribution is -2.42. The standard InChI is InChI=1S/C26H30N2O5/c1-26-12-11-19-20(8-5-17-13-23(29)24(32-2)14-21(17)19)22(26)9-10-25(26)27-33-15-16-3-6-18(7-4-16)28(30)31/h3-4,6-7,13-14,19-20,22,29H,5,8-12,15H2,1-2H3/b27-25+/t19-,20+,22-,26-/m0/s1. The maximum Gasteiger partial charge on any atom is 0.269 e. The van der Waals surface area contributed by atoms with Gasteiger partial charge in [-0.05, 0) is 97.2 Å². The van der Waals surface area contributed by atoms with Crippen molar-refractivity contribution in [3.8, 4) is 11.5 Å². The number of phenols is 1. The number of hydrogen-bond donors (Lipinski definition) is 1. The van der Waals surface area contributed by atoms with Gasteiger partial charge in [-0.3, -0.25) is 10.1 Å². The Kier molecular flexibility index (Phi) is 5.51. The molecule has 0 aliphatic heterocycles. The number of aryl methyl sites for hydroxylation is 1. The first-order chi connectivity index (χ1) is 15.9. The molecule has 1 N–H and O–H groups in total. The number of fused-ring (bicyclic) bond motifs is 5. The summed E-state index contributed by atoms with van der Waals surface area (Å²) in [5.41, 5.74) is 4.76. The van der Waals surface area contributed by atoms with Gasteiger partial charge in [0.05, 0.1) is 17.7 Å². The van der Waals surface area contributed by atoms with Crippen molar-refractivity contribution in [1.29, 1.82) is 0 Å². The van der Waals surface area contributed by atoms with E-state index in [1.165, 1.54) is 23.3 Å². The third-order valence-electron chi connectivity index (χ3n) is 8.32. The second-order valence-electron chi connectivity index (χ2n) is 9.87. The Labute approximate surface area is 193 Å². The van der Waals surface area contributed by atoms with Gasteiger partial charge < -0.3 is 14.7 Å². The van der Waals surface area contributed by atoms with Crippen LogP contribution in [-0.4, -0.2) is 22.9 Å². The van der Waals surface area contributed by atoms with Crippen LogP contribution in [0.3, 0.4) is 0 Å². The molecule has 3 aliphatic rings. The topological polar surface area (TPSA) is 94.2 Å². The zero-order valence-corrected chi connectivity index (χ0v) is 19.1. The van der Waals surface area contributed by atoms with E-state index in [0.29, 0.717) is 30.1 Å². The van der Waals surface area contributed by atoms with Crippen LogP contribution in [-0.2, 0) is 17.9 Å². The van der Waals surface area contributed by atoms with Gasteiger partial charge in [0.15, 0.2) is 11.5 Å². The monoisotopic (exact) mass is 450 g/mol. The van der Waals surface area contributed by atoms with E-state index in [1.807, 2.05) is 6.07 Å². The fourth-order valence-electron chi connectivity index (χ4n) is 6.59. The second-order valence-corrected chi connectivity index (χ2v) is 9.87. The Morgan fingerprint density at radius 1 is 1.18 bits per heavy atom. The van der Waals surface area contributed by atoms with Gasteiger partial charge in [-0.25, -0.2) is 0 Å². The van der Waals surface area contributed by atoms with Crippen LogP contribution in [0.1, 0.15) is 61.6 Å². The first-order valence-electron chi connectivity index (χ1n) is 11.7. The Balaban J connectivity index is 1.31. The molecule has 2 fully saturated rings. The molecule has 0 amide bonds. The van der Waals surface area contributed by atoms with Gasteiger partial charge in [-0.15, -0.1) is 0 Å². The lowest BCUT2D eigenvalue weighted by atomic mass is 9.55. The van der Waals surface area contributed by atoms with Crippen LogP contribution >= 0.6 is 0 Å². The third-order valence-corrected chi connectivity index (χ3v) is 8.32. The summed E-state index contributed by atoms with van der Waals surface area (Å²) in [5.74, 6) is 2.48. The lowest BCUT2D eigenvalue weighted by Gasteiger charge is -2.49. The highest BCUT2D eigenvalue weighted by Gasteiger charge is 2.53. The quantitative estimate of drug-likeness (QED) is 0.463. The van der Waals surface area contributed by atoms with Gasteiger partial charge in [-0.1, -0.05) is 12.1 Å². The molecule has 5 rings (SSSR count). The Morgan fingerprint density at radius 2 is 1.97 bits per heavy atom. The summed E-state index contributed by atoms with van der Waals surface area (Å²) in [6, 6.07) is 10.4. The third kappa shape index (κ3) is 3.73. The summed E-state index contributed by atoms with van der Waals surface area (Å²) in [6.07, 6.45) is 6.38. The van der Waals surface area contributed by atoms with E-state index in [-0.39, 0.29) is 16.9 Å². The van der Waals surface area contributed by atoms with E-state index in [2.05, 4.69) is 18.1 Å². The number of nitro groups is 1. The number of aromatic hydroxyl groups is 1. The van der Waals surface area contributed by atoms with Gasteiger partial charge >= 0.3 is 0 Å². The van der Waals surface area contributed by atoms with Crippen LogP contribution in [0.2, 0.25) is 0 Å². The van der Waals surface area contributed by atoms with Crippen molar-refractivity contribution < 1.29 is 19.6 Å². The average Bonchev–Trinajstić information content (AvgIpc) is 3.15. The van der Waals surface area contributed by atoms with Crippen molar-refractivity contribution in [3.63, 3.8) is 0 Å². The van der Waals surface area contributed by atoms with Gasteiger partial charge in [0.1, 0.15) is 6.61 Å². The molecule has 2 aromatic carbocycles. The molecule has 0 spiro atoms. The van der Waals surface area contributed by atoms with Crippen molar-refractivity contribution in [1.82, 2.24) is 0 Å². The molecule has 174 valence electrons. The minimum absolute atomic E-state index is 0.0507. The molecule has 7 nitrogen and oxygen atoms in total. The highest BCUT2D eigenvalue weighted by molar-refractivity contribution is 5.92. The van der Waals surface area contributed by atoms with Gasteiger partial charge in [0.2, 0.25) is 0 Å². The summed E-state index contributed by atoms with van der Waals surface area (Å²) in [4.78, 5) is 16.1. The maximum atomic E-state index is 10.8. The molecule has 0 unspecified atom stereocenters. The van der Waals surface area contributed by atoms with E-state index in [9.17, 15) is 15.2 Å². The molecule has 0 aromatic heterocycles. The first-order valence-corrected chi connectivity index (χ1v) is 11.7.